The highest BCUT2D eigenvalue weighted by atomic mass is 79.9. The molecule has 1 aromatic heterocycles. The lowest BCUT2D eigenvalue weighted by molar-refractivity contribution is 0.284. The summed E-state index contributed by atoms with van der Waals surface area (Å²) in [5, 5.41) is 4.37. The molecule has 1 aliphatic carbocycles. The maximum Gasteiger partial charge on any atom is 0.243 e. The molecule has 2 N–H and O–H groups in total. The number of rotatable bonds is 8. The van der Waals surface area contributed by atoms with E-state index in [2.05, 4.69) is 35.9 Å². The van der Waals surface area contributed by atoms with Crippen molar-refractivity contribution in [3.63, 3.8) is 0 Å². The number of nitrogens with one attached hydrogen (secondary N) is 2. The molecule has 4 rings (SSSR count). The van der Waals surface area contributed by atoms with Crippen molar-refractivity contribution in [1.29, 1.82) is 0 Å². The molecule has 1 saturated carbocycles. The van der Waals surface area contributed by atoms with E-state index < -0.39 is 26.6 Å². The first-order valence-electron chi connectivity index (χ1n) is 11.5. The van der Waals surface area contributed by atoms with E-state index in [1.54, 1.807) is 0 Å². The fourth-order valence-corrected chi connectivity index (χ4v) is 6.06. The van der Waals surface area contributed by atoms with Crippen molar-refractivity contribution in [1.82, 2.24) is 14.7 Å². The van der Waals surface area contributed by atoms with Gasteiger partial charge in [0.2, 0.25) is 16.0 Å². The van der Waals surface area contributed by atoms with Gasteiger partial charge < -0.3 is 10.2 Å². The van der Waals surface area contributed by atoms with E-state index in [9.17, 15) is 17.2 Å². The van der Waals surface area contributed by atoms with Gasteiger partial charge in [-0.1, -0.05) is 12.1 Å². The number of sulfonamides is 1. The van der Waals surface area contributed by atoms with Gasteiger partial charge in [0.15, 0.2) is 0 Å². The van der Waals surface area contributed by atoms with Crippen LogP contribution < -0.4 is 14.9 Å². The molecule has 11 heteroatoms. The molecule has 0 amide bonds. The molecule has 2 aromatic carbocycles. The van der Waals surface area contributed by atoms with Crippen LogP contribution in [0.5, 0.6) is 0 Å². The maximum atomic E-state index is 14.0. The second-order valence-corrected chi connectivity index (χ2v) is 11.7. The number of para-hydroxylation sites is 1. The normalized spacial score (nSPS) is 18.5. The van der Waals surface area contributed by atoms with E-state index in [-0.39, 0.29) is 16.9 Å². The van der Waals surface area contributed by atoms with E-state index in [0.29, 0.717) is 17.9 Å². The summed E-state index contributed by atoms with van der Waals surface area (Å²) in [6.45, 7) is 0.954. The number of nitrogens with zero attached hydrogens (tertiary/aromatic N) is 3. The molecular weight excluding hydrogens is 540 g/mol. The summed E-state index contributed by atoms with van der Waals surface area (Å²) in [6.07, 6.45) is 3.58. The van der Waals surface area contributed by atoms with Gasteiger partial charge in [-0.05, 0) is 71.6 Å². The second kappa shape index (κ2) is 10.7. The van der Waals surface area contributed by atoms with E-state index in [1.807, 2.05) is 43.3 Å². The fourth-order valence-electron chi connectivity index (χ4n) is 4.37. The topological polar surface area (TPSA) is 87.2 Å². The minimum Gasteiger partial charge on any atom is -0.362 e. The van der Waals surface area contributed by atoms with Gasteiger partial charge in [0.1, 0.15) is 22.3 Å². The van der Waals surface area contributed by atoms with Gasteiger partial charge in [-0.3, -0.25) is 0 Å². The molecular formula is C24H28BrF2N5O2S. The minimum atomic E-state index is -4.07. The molecule has 1 fully saturated rings. The Morgan fingerprint density at radius 1 is 1.00 bits per heavy atom. The van der Waals surface area contributed by atoms with Crippen molar-refractivity contribution < 1.29 is 17.2 Å². The zero-order chi connectivity index (χ0) is 25.2. The van der Waals surface area contributed by atoms with Crippen molar-refractivity contribution in [3.8, 4) is 0 Å². The molecule has 0 bridgehead atoms. The maximum absolute atomic E-state index is 14.0. The summed E-state index contributed by atoms with van der Waals surface area (Å²) in [4.78, 5) is 10.7. The van der Waals surface area contributed by atoms with Crippen LogP contribution in [-0.4, -0.2) is 45.6 Å². The highest BCUT2D eigenvalue weighted by molar-refractivity contribution is 9.10. The average molecular weight is 568 g/mol. The van der Waals surface area contributed by atoms with Crippen LogP contribution in [0.25, 0.3) is 10.9 Å². The summed E-state index contributed by atoms with van der Waals surface area (Å²) in [5.41, 5.74) is 0.884. The number of aromatic nitrogens is 2. The first kappa shape index (κ1) is 25.7. The molecule has 1 aliphatic rings. The Kier molecular flexibility index (Phi) is 7.87. The van der Waals surface area contributed by atoms with Crippen LogP contribution in [0.15, 0.2) is 45.8 Å². The van der Waals surface area contributed by atoms with Gasteiger partial charge >= 0.3 is 0 Å². The van der Waals surface area contributed by atoms with Crippen LogP contribution >= 0.6 is 15.9 Å². The Hall–Kier alpha value is -2.37. The van der Waals surface area contributed by atoms with Crippen molar-refractivity contribution in [3.05, 3.63) is 52.5 Å². The molecule has 0 spiro atoms. The third-order valence-electron chi connectivity index (χ3n) is 6.35. The van der Waals surface area contributed by atoms with Crippen LogP contribution in [0.2, 0.25) is 0 Å². The first-order chi connectivity index (χ1) is 16.6. The summed E-state index contributed by atoms with van der Waals surface area (Å²) < 4.78 is 54.9. The molecule has 35 heavy (non-hydrogen) atoms. The monoisotopic (exact) mass is 567 g/mol. The molecule has 1 heterocycles. The van der Waals surface area contributed by atoms with Crippen LogP contribution in [0.3, 0.4) is 0 Å². The predicted octanol–water partition coefficient (Wildman–Crippen LogP) is 4.93. The van der Waals surface area contributed by atoms with Crippen LogP contribution in [0.4, 0.5) is 20.5 Å². The van der Waals surface area contributed by atoms with Crippen LogP contribution in [0, 0.1) is 23.5 Å². The standard InChI is InChI=1S/C24H28BrF2N5O2S/c1-32(2)23-17-5-3-4-6-21(17)30-24(31-23)28-13-15-7-9-16(10-8-15)14-29-35(33,34)22-11-18(25)19(26)12-20(22)27/h3-6,11-12,15-16,29H,7-10,13-14H2,1-2H3,(H,28,30,31)/t15-,16-. The Labute approximate surface area is 212 Å². The SMILES string of the molecule is CN(C)c1nc(NC[C@H]2CC[C@H](CNS(=O)(=O)c3cc(Br)c(F)cc3F)CC2)nc2ccccc12. The van der Waals surface area contributed by atoms with Gasteiger partial charge in [-0.25, -0.2) is 26.9 Å². The molecule has 0 radical (unpaired) electrons. The molecule has 0 saturated heterocycles. The minimum absolute atomic E-state index is 0.0969. The Balaban J connectivity index is 1.30. The Morgan fingerprint density at radius 3 is 2.34 bits per heavy atom. The lowest BCUT2D eigenvalue weighted by Crippen LogP contribution is -2.32. The summed E-state index contributed by atoms with van der Waals surface area (Å²) in [7, 11) is -0.162. The van der Waals surface area contributed by atoms with Gasteiger partial charge in [0, 0.05) is 38.6 Å². The number of hydrogen-bond donors (Lipinski definition) is 2. The quantitative estimate of drug-likeness (QED) is 0.375. The molecule has 0 atom stereocenters. The lowest BCUT2D eigenvalue weighted by Gasteiger charge is -2.28. The highest BCUT2D eigenvalue weighted by Gasteiger charge is 2.26. The molecule has 188 valence electrons. The average Bonchev–Trinajstić information content (AvgIpc) is 2.83. The van der Waals surface area contributed by atoms with E-state index in [1.165, 1.54) is 0 Å². The predicted molar refractivity (Wildman–Crippen MR) is 137 cm³/mol. The number of halogens is 3. The Morgan fingerprint density at radius 2 is 1.66 bits per heavy atom. The lowest BCUT2D eigenvalue weighted by atomic mass is 9.82. The van der Waals surface area contributed by atoms with Gasteiger partial charge in [-0.15, -0.1) is 0 Å². The van der Waals surface area contributed by atoms with E-state index in [4.69, 9.17) is 0 Å². The summed E-state index contributed by atoms with van der Waals surface area (Å²) >= 11 is 2.91. The third-order valence-corrected chi connectivity index (χ3v) is 8.39. The number of fused-ring (bicyclic) bond motifs is 1. The smallest absolute Gasteiger partial charge is 0.243 e. The van der Waals surface area contributed by atoms with Gasteiger partial charge in [-0.2, -0.15) is 4.98 Å². The Bertz CT molecular complexity index is 1310. The first-order valence-corrected chi connectivity index (χ1v) is 13.7. The van der Waals surface area contributed by atoms with Gasteiger partial charge in [0.25, 0.3) is 0 Å². The van der Waals surface area contributed by atoms with E-state index >= 15 is 0 Å². The van der Waals surface area contributed by atoms with Crippen molar-refractivity contribution in [2.45, 2.75) is 30.6 Å². The summed E-state index contributed by atoms with van der Waals surface area (Å²) in [5.74, 6) is 0.0756. The number of hydrogen-bond acceptors (Lipinski definition) is 6. The third kappa shape index (κ3) is 6.07. The van der Waals surface area contributed by atoms with Crippen molar-refractivity contribution >= 4 is 48.6 Å². The van der Waals surface area contributed by atoms with Crippen LogP contribution in [-0.2, 0) is 10.0 Å². The molecule has 3 aromatic rings. The zero-order valence-electron chi connectivity index (χ0n) is 19.6. The fraction of sp³-hybridized carbons (Fsp3) is 0.417. The highest BCUT2D eigenvalue weighted by Crippen LogP contribution is 2.30. The zero-order valence-corrected chi connectivity index (χ0v) is 22.0. The van der Waals surface area contributed by atoms with Gasteiger partial charge in [0.05, 0.1) is 9.99 Å². The largest absolute Gasteiger partial charge is 0.362 e. The van der Waals surface area contributed by atoms with Crippen LogP contribution in [0.1, 0.15) is 25.7 Å². The molecule has 0 unspecified atom stereocenters. The molecule has 0 aliphatic heterocycles. The van der Waals surface area contributed by atoms with E-state index in [0.717, 1.165) is 55.0 Å². The number of benzene rings is 2. The van der Waals surface area contributed by atoms with Crippen molar-refractivity contribution in [2.75, 3.05) is 37.4 Å². The van der Waals surface area contributed by atoms with Crippen molar-refractivity contribution in [2.24, 2.45) is 11.8 Å². The summed E-state index contributed by atoms with van der Waals surface area (Å²) in [6, 6.07) is 9.42. The second-order valence-electron chi connectivity index (χ2n) is 9.10. The number of anilines is 2. The molecule has 7 nitrogen and oxygen atoms in total.